The molecule has 0 saturated heterocycles. The highest BCUT2D eigenvalue weighted by molar-refractivity contribution is 5.84. The van der Waals surface area contributed by atoms with Crippen molar-refractivity contribution in [1.29, 1.82) is 0 Å². The highest BCUT2D eigenvalue weighted by Crippen LogP contribution is 2.21. The molecule has 1 heterocycles. The number of benzene rings is 2. The fourth-order valence-corrected chi connectivity index (χ4v) is 1.93. The van der Waals surface area contributed by atoms with Gasteiger partial charge in [0.15, 0.2) is 0 Å². The van der Waals surface area contributed by atoms with Crippen molar-refractivity contribution < 1.29 is 4.39 Å². The van der Waals surface area contributed by atoms with Gasteiger partial charge in [-0.2, -0.15) is 5.10 Å². The maximum atomic E-state index is 14.0. The molecule has 3 heteroatoms. The third-order valence-electron chi connectivity index (χ3n) is 2.78. The summed E-state index contributed by atoms with van der Waals surface area (Å²) in [7, 11) is 0. The molecule has 0 bridgehead atoms. The van der Waals surface area contributed by atoms with E-state index in [9.17, 15) is 4.39 Å². The molecule has 2 nitrogen and oxygen atoms in total. The van der Waals surface area contributed by atoms with Gasteiger partial charge in [0.25, 0.3) is 0 Å². The Balaban J connectivity index is 2.26. The van der Waals surface area contributed by atoms with Crippen LogP contribution in [0.4, 0.5) is 4.39 Å². The lowest BCUT2D eigenvalue weighted by Crippen LogP contribution is -1.98. The summed E-state index contributed by atoms with van der Waals surface area (Å²) in [5.41, 5.74) is 1.36. The number of nitrogens with zero attached hydrogens (tertiary/aromatic N) is 2. The van der Waals surface area contributed by atoms with E-state index in [1.54, 1.807) is 16.9 Å². The average Bonchev–Trinajstić information content (AvgIpc) is 2.75. The van der Waals surface area contributed by atoms with Crippen LogP contribution in [0.5, 0.6) is 0 Å². The summed E-state index contributed by atoms with van der Waals surface area (Å²) in [6.45, 7) is 1.88. The summed E-state index contributed by atoms with van der Waals surface area (Å²) >= 11 is 0. The quantitative estimate of drug-likeness (QED) is 0.621. The van der Waals surface area contributed by atoms with Gasteiger partial charge in [-0.15, -0.1) is 0 Å². The molecule has 0 radical (unpaired) electrons. The number of fused-ring (bicyclic) bond motifs is 1. The van der Waals surface area contributed by atoms with E-state index >= 15 is 0 Å². The van der Waals surface area contributed by atoms with Crippen LogP contribution < -0.4 is 0 Å². The number of halogens is 1. The van der Waals surface area contributed by atoms with Gasteiger partial charge in [0.1, 0.15) is 11.5 Å². The topological polar surface area (TPSA) is 17.8 Å². The molecule has 0 saturated carbocycles. The summed E-state index contributed by atoms with van der Waals surface area (Å²) in [5, 5.41) is 6.14. The number of aromatic nitrogens is 2. The Bertz CT molecular complexity index is 686. The fourth-order valence-electron chi connectivity index (χ4n) is 1.93. The van der Waals surface area contributed by atoms with Crippen LogP contribution in [0.15, 0.2) is 48.7 Å². The van der Waals surface area contributed by atoms with Crippen molar-refractivity contribution in [2.45, 2.75) is 6.92 Å². The lowest BCUT2D eigenvalue weighted by Gasteiger charge is -2.05. The van der Waals surface area contributed by atoms with Crippen LogP contribution in [-0.4, -0.2) is 9.78 Å². The molecule has 0 atom stereocenters. The van der Waals surface area contributed by atoms with Crippen molar-refractivity contribution >= 4 is 10.8 Å². The van der Waals surface area contributed by atoms with Crippen LogP contribution in [0.2, 0.25) is 0 Å². The Kier molecular flexibility index (Phi) is 2.18. The highest BCUT2D eigenvalue weighted by atomic mass is 19.1. The van der Waals surface area contributed by atoms with Gasteiger partial charge in [-0.05, 0) is 35.9 Å². The van der Waals surface area contributed by atoms with Crippen LogP contribution in [0.3, 0.4) is 0 Å². The Hall–Kier alpha value is -2.16. The molecule has 0 amide bonds. The largest absolute Gasteiger partial charge is 0.238 e. The molecule has 0 aliphatic rings. The fraction of sp³-hybridized carbons (Fsp3) is 0.0714. The summed E-state index contributed by atoms with van der Waals surface area (Å²) in [6.07, 6.45) is 1.77. The van der Waals surface area contributed by atoms with Crippen molar-refractivity contribution in [3.63, 3.8) is 0 Å². The molecule has 0 N–H and O–H groups in total. The van der Waals surface area contributed by atoms with Crippen LogP contribution >= 0.6 is 0 Å². The molecule has 0 fully saturated rings. The maximum Gasteiger partial charge on any atom is 0.149 e. The molecule has 3 aromatic rings. The van der Waals surface area contributed by atoms with E-state index in [-0.39, 0.29) is 5.82 Å². The van der Waals surface area contributed by atoms with Crippen molar-refractivity contribution in [2.24, 2.45) is 0 Å². The van der Waals surface area contributed by atoms with E-state index in [4.69, 9.17) is 0 Å². The average molecular weight is 226 g/mol. The second kappa shape index (κ2) is 3.70. The van der Waals surface area contributed by atoms with Gasteiger partial charge in [-0.25, -0.2) is 9.07 Å². The zero-order valence-electron chi connectivity index (χ0n) is 9.39. The number of hydrogen-bond donors (Lipinski definition) is 0. The molecule has 2 aromatic carbocycles. The summed E-state index contributed by atoms with van der Waals surface area (Å²) in [6, 6.07) is 12.9. The van der Waals surface area contributed by atoms with E-state index in [0.29, 0.717) is 5.69 Å². The zero-order chi connectivity index (χ0) is 11.8. The Morgan fingerprint density at radius 3 is 2.41 bits per heavy atom. The highest BCUT2D eigenvalue weighted by Gasteiger charge is 2.07. The van der Waals surface area contributed by atoms with Gasteiger partial charge >= 0.3 is 0 Å². The Morgan fingerprint density at radius 2 is 1.76 bits per heavy atom. The first kappa shape index (κ1) is 10.0. The second-order valence-electron chi connectivity index (χ2n) is 4.05. The van der Waals surface area contributed by atoms with Crippen molar-refractivity contribution in [1.82, 2.24) is 9.78 Å². The number of aryl methyl sites for hydroxylation is 1. The van der Waals surface area contributed by atoms with Crippen LogP contribution in [0.25, 0.3) is 16.5 Å². The molecule has 0 unspecified atom stereocenters. The second-order valence-corrected chi connectivity index (χ2v) is 4.05. The van der Waals surface area contributed by atoms with Crippen LogP contribution in [0, 0.1) is 12.7 Å². The smallest absolute Gasteiger partial charge is 0.149 e. The summed E-state index contributed by atoms with van der Waals surface area (Å²) in [5.74, 6) is -0.258. The van der Waals surface area contributed by atoms with Gasteiger partial charge in [0, 0.05) is 6.20 Å². The molecule has 0 aliphatic carbocycles. The minimum atomic E-state index is -0.258. The predicted molar refractivity (Wildman–Crippen MR) is 65.8 cm³/mol. The van der Waals surface area contributed by atoms with Crippen molar-refractivity contribution in [3.8, 4) is 5.69 Å². The lowest BCUT2D eigenvalue weighted by molar-refractivity contribution is 0.612. The van der Waals surface area contributed by atoms with Gasteiger partial charge in [0.05, 0.1) is 5.69 Å². The van der Waals surface area contributed by atoms with Gasteiger partial charge in [-0.3, -0.25) is 0 Å². The first-order valence-electron chi connectivity index (χ1n) is 5.45. The maximum absolute atomic E-state index is 14.0. The molecular weight excluding hydrogens is 215 g/mol. The molecule has 17 heavy (non-hydrogen) atoms. The van der Waals surface area contributed by atoms with Crippen molar-refractivity contribution in [3.05, 3.63) is 60.2 Å². The molecule has 3 rings (SSSR count). The monoisotopic (exact) mass is 226 g/mol. The SMILES string of the molecule is Cc1ccn(-c2cc3ccccc3cc2F)n1. The van der Waals surface area contributed by atoms with E-state index in [2.05, 4.69) is 5.10 Å². The van der Waals surface area contributed by atoms with E-state index in [0.717, 1.165) is 16.5 Å². The molecule has 0 spiro atoms. The molecule has 84 valence electrons. The van der Waals surface area contributed by atoms with Gasteiger partial charge in [0.2, 0.25) is 0 Å². The molecule has 0 aliphatic heterocycles. The van der Waals surface area contributed by atoms with Gasteiger partial charge in [-0.1, -0.05) is 24.3 Å². The van der Waals surface area contributed by atoms with E-state index in [1.807, 2.05) is 43.3 Å². The lowest BCUT2D eigenvalue weighted by atomic mass is 10.1. The first-order valence-corrected chi connectivity index (χ1v) is 5.45. The van der Waals surface area contributed by atoms with Crippen LogP contribution in [0.1, 0.15) is 5.69 Å². The van der Waals surface area contributed by atoms with E-state index in [1.165, 1.54) is 0 Å². The third kappa shape index (κ3) is 1.69. The zero-order valence-corrected chi connectivity index (χ0v) is 9.39. The molecular formula is C14H11FN2. The third-order valence-corrected chi connectivity index (χ3v) is 2.78. The van der Waals surface area contributed by atoms with Crippen molar-refractivity contribution in [2.75, 3.05) is 0 Å². The Labute approximate surface area is 98.3 Å². The summed E-state index contributed by atoms with van der Waals surface area (Å²) in [4.78, 5) is 0. The predicted octanol–water partition coefficient (Wildman–Crippen LogP) is 3.47. The van der Waals surface area contributed by atoms with Gasteiger partial charge < -0.3 is 0 Å². The first-order chi connectivity index (χ1) is 8.24. The minimum absolute atomic E-state index is 0.258. The summed E-state index contributed by atoms with van der Waals surface area (Å²) < 4.78 is 15.5. The Morgan fingerprint density at radius 1 is 1.06 bits per heavy atom. The van der Waals surface area contributed by atoms with Crippen LogP contribution in [-0.2, 0) is 0 Å². The number of hydrogen-bond acceptors (Lipinski definition) is 1. The van der Waals surface area contributed by atoms with E-state index < -0.39 is 0 Å². The molecule has 1 aromatic heterocycles. The number of rotatable bonds is 1. The normalized spacial score (nSPS) is 10.9. The minimum Gasteiger partial charge on any atom is -0.238 e. The standard InChI is InChI=1S/C14H11FN2/c1-10-6-7-17(16-10)14-9-12-5-3-2-4-11(12)8-13(14)15/h2-9H,1H3.